The lowest BCUT2D eigenvalue weighted by Crippen LogP contribution is -2.71. The summed E-state index contributed by atoms with van der Waals surface area (Å²) in [6, 6.07) is 0. The van der Waals surface area contributed by atoms with Crippen molar-refractivity contribution in [2.45, 2.75) is 38.9 Å². The molecule has 0 rings (SSSR count). The molecule has 0 amide bonds. The molecule has 3 N–H and O–H groups in total. The van der Waals surface area contributed by atoms with Crippen molar-refractivity contribution in [2.75, 3.05) is 21.1 Å². The van der Waals surface area contributed by atoms with Crippen LogP contribution in [0.4, 0.5) is 0 Å². The zero-order valence-electron chi connectivity index (χ0n) is 11.9. The maximum absolute atomic E-state index is 12.7. The van der Waals surface area contributed by atoms with Crippen LogP contribution in [-0.2, 0) is 9.59 Å². The number of carbonyl (C=O) groups excluding carboxylic acids is 2. The smallest absolute Gasteiger partial charge is 0.194 e. The van der Waals surface area contributed by atoms with Crippen LogP contribution < -0.4 is 16.0 Å². The normalized spacial score (nSPS) is 15.8. The van der Waals surface area contributed by atoms with Gasteiger partial charge in [0.1, 0.15) is 11.2 Å². The van der Waals surface area contributed by atoms with Crippen LogP contribution in [0.5, 0.6) is 0 Å². The minimum Gasteiger partial charge on any atom is -0.302 e. The Hall–Kier alpha value is -0.780. The van der Waals surface area contributed by atoms with Gasteiger partial charge in [0.25, 0.3) is 0 Å². The van der Waals surface area contributed by atoms with Gasteiger partial charge in [-0.2, -0.15) is 0 Å². The van der Waals surface area contributed by atoms with Gasteiger partial charge < -0.3 is 5.32 Å². The van der Waals surface area contributed by atoms with Crippen molar-refractivity contribution in [1.29, 1.82) is 0 Å². The molecule has 0 aromatic heterocycles. The summed E-state index contributed by atoms with van der Waals surface area (Å²) in [7, 11) is 5.02. The minimum atomic E-state index is -1.17. The predicted molar refractivity (Wildman–Crippen MR) is 68.8 cm³/mol. The van der Waals surface area contributed by atoms with Crippen LogP contribution in [0.25, 0.3) is 0 Å². The number of hydrogen-bond donors (Lipinski definition) is 3. The van der Waals surface area contributed by atoms with Gasteiger partial charge in [-0.15, -0.1) is 0 Å². The molecule has 0 saturated carbocycles. The van der Waals surface area contributed by atoms with Gasteiger partial charge in [0.2, 0.25) is 0 Å². The zero-order valence-corrected chi connectivity index (χ0v) is 11.9. The van der Waals surface area contributed by atoms with Crippen LogP contribution in [0.2, 0.25) is 0 Å². The first kappa shape index (κ1) is 16.2. The first-order valence-electron chi connectivity index (χ1n) is 5.85. The average molecular weight is 243 g/mol. The Morgan fingerprint density at radius 1 is 1.00 bits per heavy atom. The van der Waals surface area contributed by atoms with Gasteiger partial charge in [0.05, 0.1) is 0 Å². The Morgan fingerprint density at radius 3 is 1.59 bits per heavy atom. The van der Waals surface area contributed by atoms with Crippen molar-refractivity contribution in [3.05, 3.63) is 0 Å². The van der Waals surface area contributed by atoms with Crippen molar-refractivity contribution >= 4 is 11.6 Å². The highest BCUT2D eigenvalue weighted by Crippen LogP contribution is 2.24. The Morgan fingerprint density at radius 2 is 1.41 bits per heavy atom. The van der Waals surface area contributed by atoms with E-state index >= 15 is 0 Å². The SMILES string of the molecule is CNC(C)(NC)C(=O)C(NC)(C(C)=O)C(C)C. The number of rotatable bonds is 7. The molecule has 5 heteroatoms. The Bertz CT molecular complexity index is 298. The first-order valence-corrected chi connectivity index (χ1v) is 5.85. The van der Waals surface area contributed by atoms with Gasteiger partial charge >= 0.3 is 0 Å². The molecule has 0 aromatic rings. The van der Waals surface area contributed by atoms with Crippen molar-refractivity contribution < 1.29 is 9.59 Å². The van der Waals surface area contributed by atoms with Gasteiger partial charge in [0.15, 0.2) is 11.6 Å². The first-order chi connectivity index (χ1) is 7.72. The van der Waals surface area contributed by atoms with E-state index in [-0.39, 0.29) is 17.5 Å². The van der Waals surface area contributed by atoms with Crippen LogP contribution in [0, 0.1) is 5.92 Å². The third-order valence-electron chi connectivity index (χ3n) is 3.63. The van der Waals surface area contributed by atoms with E-state index in [2.05, 4.69) is 16.0 Å². The second-order valence-corrected chi connectivity index (χ2v) is 4.72. The molecule has 0 aliphatic rings. The number of carbonyl (C=O) groups is 2. The van der Waals surface area contributed by atoms with Gasteiger partial charge in [-0.3, -0.25) is 20.2 Å². The summed E-state index contributed by atoms with van der Waals surface area (Å²) in [5, 5.41) is 8.76. The Kier molecular flexibility index (Phi) is 5.45. The largest absolute Gasteiger partial charge is 0.302 e. The lowest BCUT2D eigenvalue weighted by atomic mass is 9.75. The quantitative estimate of drug-likeness (QED) is 0.431. The maximum Gasteiger partial charge on any atom is 0.194 e. The van der Waals surface area contributed by atoms with Gasteiger partial charge in [-0.25, -0.2) is 0 Å². The second-order valence-electron chi connectivity index (χ2n) is 4.72. The van der Waals surface area contributed by atoms with Crippen molar-refractivity contribution in [3.8, 4) is 0 Å². The second kappa shape index (κ2) is 5.71. The lowest BCUT2D eigenvalue weighted by Gasteiger charge is -2.40. The molecule has 17 heavy (non-hydrogen) atoms. The summed E-state index contributed by atoms with van der Waals surface area (Å²) in [6.45, 7) is 6.90. The van der Waals surface area contributed by atoms with E-state index in [4.69, 9.17) is 0 Å². The molecule has 5 nitrogen and oxygen atoms in total. The molecule has 0 aliphatic carbocycles. The zero-order chi connectivity index (χ0) is 13.9. The van der Waals surface area contributed by atoms with Crippen LogP contribution in [-0.4, -0.2) is 43.9 Å². The minimum absolute atomic E-state index is 0.126. The van der Waals surface area contributed by atoms with E-state index in [0.717, 1.165) is 0 Å². The molecule has 0 spiro atoms. The molecular formula is C12H25N3O2. The third kappa shape index (κ3) is 2.56. The summed E-state index contributed by atoms with van der Waals surface area (Å²) in [6.07, 6.45) is 0. The third-order valence-corrected chi connectivity index (χ3v) is 3.63. The van der Waals surface area contributed by atoms with Crippen LogP contribution in [0.1, 0.15) is 27.7 Å². The van der Waals surface area contributed by atoms with Crippen LogP contribution in [0.15, 0.2) is 0 Å². The molecule has 0 saturated heterocycles. The molecule has 1 unspecified atom stereocenters. The van der Waals surface area contributed by atoms with E-state index in [0.29, 0.717) is 0 Å². The number of hydrogen-bond acceptors (Lipinski definition) is 5. The van der Waals surface area contributed by atoms with Gasteiger partial charge in [-0.05, 0) is 40.9 Å². The fourth-order valence-electron chi connectivity index (χ4n) is 2.15. The molecule has 0 radical (unpaired) electrons. The average Bonchev–Trinajstić information content (AvgIpc) is 2.28. The molecule has 1 atom stereocenters. The fraction of sp³-hybridized carbons (Fsp3) is 0.833. The summed E-state index contributed by atoms with van der Waals surface area (Å²) < 4.78 is 0. The summed E-state index contributed by atoms with van der Waals surface area (Å²) in [5.41, 5.74) is -2.10. The fourth-order valence-corrected chi connectivity index (χ4v) is 2.15. The molecule has 100 valence electrons. The van der Waals surface area contributed by atoms with E-state index in [9.17, 15) is 9.59 Å². The van der Waals surface area contributed by atoms with Crippen LogP contribution >= 0.6 is 0 Å². The number of ketones is 2. The van der Waals surface area contributed by atoms with Crippen molar-refractivity contribution in [1.82, 2.24) is 16.0 Å². The maximum atomic E-state index is 12.7. The van der Waals surface area contributed by atoms with E-state index < -0.39 is 11.2 Å². The molecule has 0 heterocycles. The highest BCUT2D eigenvalue weighted by Gasteiger charge is 2.51. The predicted octanol–water partition coefficient (Wildman–Crippen LogP) is -0.0863. The Labute approximate surface area is 104 Å². The molecule has 0 aliphatic heterocycles. The summed E-state index contributed by atoms with van der Waals surface area (Å²) in [5.74, 6) is -0.491. The molecule has 0 bridgehead atoms. The van der Waals surface area contributed by atoms with E-state index in [1.54, 1.807) is 28.1 Å². The summed E-state index contributed by atoms with van der Waals surface area (Å²) >= 11 is 0. The molecular weight excluding hydrogens is 218 g/mol. The Balaban J connectivity index is 5.64. The monoisotopic (exact) mass is 243 g/mol. The van der Waals surface area contributed by atoms with Crippen molar-refractivity contribution in [2.24, 2.45) is 5.92 Å². The number of nitrogens with one attached hydrogen (secondary N) is 3. The van der Waals surface area contributed by atoms with Gasteiger partial charge in [0, 0.05) is 0 Å². The van der Waals surface area contributed by atoms with Gasteiger partial charge in [-0.1, -0.05) is 13.8 Å². The highest BCUT2D eigenvalue weighted by atomic mass is 16.2. The van der Waals surface area contributed by atoms with Crippen molar-refractivity contribution in [3.63, 3.8) is 0 Å². The van der Waals surface area contributed by atoms with E-state index in [1.165, 1.54) is 6.92 Å². The lowest BCUT2D eigenvalue weighted by molar-refractivity contribution is -0.142. The van der Waals surface area contributed by atoms with Crippen LogP contribution in [0.3, 0.4) is 0 Å². The molecule has 0 aromatic carbocycles. The standard InChI is InChI=1S/C12H25N3O2/c1-8(2)12(15-7,9(3)16)10(17)11(4,13-5)14-6/h8,13-15H,1-7H3. The highest BCUT2D eigenvalue weighted by molar-refractivity contribution is 6.14. The molecule has 0 fully saturated rings. The number of Topliss-reactive ketones (excluding diaryl/α,β-unsaturated/α-hetero) is 2. The number of likely N-dealkylation sites (N-methyl/N-ethyl adjacent to an activating group) is 3. The van der Waals surface area contributed by atoms with E-state index in [1.807, 2.05) is 13.8 Å². The summed E-state index contributed by atoms with van der Waals surface area (Å²) in [4.78, 5) is 24.6. The topological polar surface area (TPSA) is 70.2 Å².